The molecule has 158 valence electrons. The van der Waals surface area contributed by atoms with Gasteiger partial charge in [-0.3, -0.25) is 14.4 Å². The lowest BCUT2D eigenvalue weighted by Crippen LogP contribution is -2.38. The molecule has 30 heavy (non-hydrogen) atoms. The van der Waals surface area contributed by atoms with Crippen molar-refractivity contribution in [1.29, 1.82) is 0 Å². The van der Waals surface area contributed by atoms with Crippen LogP contribution in [-0.2, 0) is 22.6 Å². The Labute approximate surface area is 182 Å². The molecule has 0 aromatic heterocycles. The van der Waals surface area contributed by atoms with E-state index in [2.05, 4.69) is 12.1 Å². The maximum absolute atomic E-state index is 13.1. The lowest BCUT2D eigenvalue weighted by molar-refractivity contribution is -0.134. The van der Waals surface area contributed by atoms with E-state index < -0.39 is 11.6 Å². The summed E-state index contributed by atoms with van der Waals surface area (Å²) in [4.78, 5) is 39.1. The predicted molar refractivity (Wildman–Crippen MR) is 120 cm³/mol. The van der Waals surface area contributed by atoms with Gasteiger partial charge in [-0.1, -0.05) is 24.3 Å². The van der Waals surface area contributed by atoms with Gasteiger partial charge in [0.1, 0.15) is 0 Å². The maximum Gasteiger partial charge on any atom is 0.253 e. The average Bonchev–Trinajstić information content (AvgIpc) is 2.78. The van der Waals surface area contributed by atoms with Gasteiger partial charge < -0.3 is 10.6 Å². The molecule has 2 aromatic rings. The highest BCUT2D eigenvalue weighted by Crippen LogP contribution is 2.30. The van der Waals surface area contributed by atoms with Crippen LogP contribution < -0.4 is 5.73 Å². The molecule has 6 heteroatoms. The van der Waals surface area contributed by atoms with Gasteiger partial charge in [-0.2, -0.15) is 0 Å². The third-order valence-electron chi connectivity index (χ3n) is 5.65. The summed E-state index contributed by atoms with van der Waals surface area (Å²) < 4.78 is 0. The molecular formula is C24H28N2O3S. The van der Waals surface area contributed by atoms with E-state index in [1.165, 1.54) is 24.2 Å². The van der Waals surface area contributed by atoms with E-state index >= 15 is 0 Å². The van der Waals surface area contributed by atoms with Crippen LogP contribution in [0.5, 0.6) is 0 Å². The van der Waals surface area contributed by atoms with Crippen LogP contribution in [0.2, 0.25) is 0 Å². The first-order chi connectivity index (χ1) is 14.4. The summed E-state index contributed by atoms with van der Waals surface area (Å²) in [6.07, 6.45) is 3.79. The van der Waals surface area contributed by atoms with Crippen LogP contribution >= 0.6 is 11.8 Å². The molecular weight excluding hydrogens is 396 g/mol. The highest BCUT2D eigenvalue weighted by Gasteiger charge is 2.25. The van der Waals surface area contributed by atoms with Gasteiger partial charge in [0.15, 0.2) is 5.78 Å². The van der Waals surface area contributed by atoms with Gasteiger partial charge in [0.05, 0.1) is 0 Å². The van der Waals surface area contributed by atoms with E-state index in [0.717, 1.165) is 23.3 Å². The van der Waals surface area contributed by atoms with Crippen molar-refractivity contribution in [3.63, 3.8) is 0 Å². The Morgan fingerprint density at radius 2 is 1.80 bits per heavy atom. The fraction of sp³-hybridized carbons (Fsp3) is 0.375. The summed E-state index contributed by atoms with van der Waals surface area (Å²) in [6, 6.07) is 13.9. The number of carbonyl (C=O) groups excluding carboxylic acids is 3. The molecule has 1 saturated heterocycles. The van der Waals surface area contributed by atoms with E-state index in [1.54, 1.807) is 6.07 Å². The second-order valence-corrected chi connectivity index (χ2v) is 8.62. The maximum atomic E-state index is 13.1. The molecule has 2 N–H and O–H groups in total. The number of hydrogen-bond donors (Lipinski definition) is 1. The number of benzene rings is 2. The number of nitrogens with zero attached hydrogens (tertiary/aromatic N) is 1. The van der Waals surface area contributed by atoms with Gasteiger partial charge in [-0.05, 0) is 59.9 Å². The molecule has 0 bridgehead atoms. The Bertz CT molecular complexity index is 949. The minimum absolute atomic E-state index is 0.0171. The molecule has 0 spiro atoms. The van der Waals surface area contributed by atoms with Crippen molar-refractivity contribution < 1.29 is 14.4 Å². The van der Waals surface area contributed by atoms with E-state index in [1.807, 2.05) is 35.4 Å². The van der Waals surface area contributed by atoms with Crippen LogP contribution in [0.4, 0.5) is 0 Å². The molecule has 0 atom stereocenters. The first kappa shape index (κ1) is 22.2. The molecule has 5 nitrogen and oxygen atoms in total. The zero-order valence-corrected chi connectivity index (χ0v) is 18.3. The second-order valence-electron chi connectivity index (χ2n) is 7.74. The van der Waals surface area contributed by atoms with Crippen molar-refractivity contribution >= 4 is 29.2 Å². The number of nitrogens with two attached hydrogens (primary N) is 1. The number of rotatable bonds is 7. The molecule has 1 fully saturated rings. The van der Waals surface area contributed by atoms with Crippen LogP contribution in [0.15, 0.2) is 47.4 Å². The Kier molecular flexibility index (Phi) is 7.45. The van der Waals surface area contributed by atoms with Gasteiger partial charge in [-0.25, -0.2) is 0 Å². The van der Waals surface area contributed by atoms with Gasteiger partial charge in [0.2, 0.25) is 5.78 Å². The molecule has 1 heterocycles. The van der Waals surface area contributed by atoms with Crippen molar-refractivity contribution in [2.24, 2.45) is 5.73 Å². The Morgan fingerprint density at radius 3 is 2.43 bits per heavy atom. The number of hydrogen-bond acceptors (Lipinski definition) is 5. The molecule has 1 aliphatic heterocycles. The zero-order valence-electron chi connectivity index (χ0n) is 17.5. The first-order valence-corrected chi connectivity index (χ1v) is 11.4. The Balaban J connectivity index is 1.71. The van der Waals surface area contributed by atoms with Crippen molar-refractivity contribution in [3.8, 4) is 0 Å². The minimum atomic E-state index is -0.460. The van der Waals surface area contributed by atoms with E-state index in [9.17, 15) is 14.4 Å². The topological polar surface area (TPSA) is 80.5 Å². The average molecular weight is 425 g/mol. The molecule has 3 rings (SSSR count). The molecule has 2 aromatic carbocycles. The van der Waals surface area contributed by atoms with Crippen LogP contribution in [0, 0.1) is 0 Å². The predicted octanol–water partition coefficient (Wildman–Crippen LogP) is 3.59. The second kappa shape index (κ2) is 10.0. The normalized spacial score (nSPS) is 14.6. The van der Waals surface area contributed by atoms with Gasteiger partial charge in [-0.15, -0.1) is 11.8 Å². The Morgan fingerprint density at radius 1 is 1.07 bits per heavy atom. The van der Waals surface area contributed by atoms with Crippen molar-refractivity contribution in [2.45, 2.75) is 43.5 Å². The molecule has 1 amide bonds. The third-order valence-corrected chi connectivity index (χ3v) is 6.35. The lowest BCUT2D eigenvalue weighted by Gasteiger charge is -2.32. The van der Waals surface area contributed by atoms with Crippen molar-refractivity contribution in [3.05, 3.63) is 64.7 Å². The molecule has 0 radical (unpaired) electrons. The molecule has 0 unspecified atom stereocenters. The standard InChI is InChI=1S/C24H28N2O3S/c1-16(27)23(28)13-18-11-21(14-22(12-18)30-2)24(29)26-8-6-19(7-9-26)20-5-3-4-17(10-20)15-25/h3-5,10-12,14,19H,6-9,13,15,25H2,1-2H3. The number of ketones is 2. The van der Waals surface area contributed by atoms with Crippen molar-refractivity contribution in [1.82, 2.24) is 4.90 Å². The van der Waals surface area contributed by atoms with E-state index in [4.69, 9.17) is 5.73 Å². The number of carbonyl (C=O) groups is 3. The molecule has 1 aliphatic rings. The van der Waals surface area contributed by atoms with Crippen LogP contribution in [0.1, 0.15) is 52.7 Å². The highest BCUT2D eigenvalue weighted by molar-refractivity contribution is 7.98. The summed E-state index contributed by atoms with van der Waals surface area (Å²) in [7, 11) is 0. The monoisotopic (exact) mass is 424 g/mol. The van der Waals surface area contributed by atoms with Crippen LogP contribution in [-0.4, -0.2) is 41.7 Å². The smallest absolute Gasteiger partial charge is 0.253 e. The summed E-state index contributed by atoms with van der Waals surface area (Å²) in [5, 5.41) is 0. The van der Waals surface area contributed by atoms with Crippen LogP contribution in [0.3, 0.4) is 0 Å². The zero-order chi connectivity index (χ0) is 21.7. The summed E-state index contributed by atoms with van der Waals surface area (Å²) >= 11 is 1.52. The molecule has 0 aliphatic carbocycles. The van der Waals surface area contributed by atoms with Crippen LogP contribution in [0.25, 0.3) is 0 Å². The number of thioether (sulfide) groups is 1. The Hall–Kier alpha value is -2.44. The minimum Gasteiger partial charge on any atom is -0.339 e. The van der Waals surface area contributed by atoms with E-state index in [-0.39, 0.29) is 12.3 Å². The van der Waals surface area contributed by atoms with Crippen molar-refractivity contribution in [2.75, 3.05) is 19.3 Å². The summed E-state index contributed by atoms with van der Waals surface area (Å²) in [5.74, 6) is -0.483. The fourth-order valence-electron chi connectivity index (χ4n) is 3.89. The number of Topliss-reactive ketones (excluding diaryl/α,β-unsaturated/α-hetero) is 2. The van der Waals surface area contributed by atoms with Gasteiger partial charge in [0.25, 0.3) is 5.91 Å². The molecule has 0 saturated carbocycles. The quantitative estimate of drug-likeness (QED) is 0.543. The number of amides is 1. The summed E-state index contributed by atoms with van der Waals surface area (Å²) in [6.45, 7) is 3.20. The van der Waals surface area contributed by atoms with E-state index in [0.29, 0.717) is 36.7 Å². The van der Waals surface area contributed by atoms with Gasteiger partial charge >= 0.3 is 0 Å². The fourth-order valence-corrected chi connectivity index (χ4v) is 4.40. The number of likely N-dealkylation sites (tertiary alicyclic amines) is 1. The SMILES string of the molecule is CSc1cc(CC(=O)C(C)=O)cc(C(=O)N2CCC(c3cccc(CN)c3)CC2)c1. The lowest BCUT2D eigenvalue weighted by atomic mass is 9.88. The highest BCUT2D eigenvalue weighted by atomic mass is 32.2. The summed E-state index contributed by atoms with van der Waals surface area (Å²) in [5.41, 5.74) is 9.47. The largest absolute Gasteiger partial charge is 0.339 e. The van der Waals surface area contributed by atoms with Gasteiger partial charge in [0, 0.05) is 43.4 Å². The first-order valence-electron chi connectivity index (χ1n) is 10.2. The third kappa shape index (κ3) is 5.37. The number of piperidine rings is 1.